The molecule has 0 heterocycles. The molecule has 1 amide bonds. The fourth-order valence-electron chi connectivity index (χ4n) is 2.08. The number of rotatable bonds is 5. The lowest BCUT2D eigenvalue weighted by Crippen LogP contribution is -2.25. The lowest BCUT2D eigenvalue weighted by molar-refractivity contribution is -0.118. The molecule has 0 atom stereocenters. The van der Waals surface area contributed by atoms with Crippen LogP contribution < -0.4 is 4.90 Å². The average Bonchev–Trinajstić information content (AvgIpc) is 2.49. The van der Waals surface area contributed by atoms with Crippen LogP contribution in [0.3, 0.4) is 0 Å². The molecular formula is C17H18ClNO2. The van der Waals surface area contributed by atoms with Gasteiger partial charge in [0.15, 0.2) is 0 Å². The van der Waals surface area contributed by atoms with Crippen molar-refractivity contribution in [3.8, 4) is 5.75 Å². The third kappa shape index (κ3) is 4.50. The first-order valence-corrected chi connectivity index (χ1v) is 7.24. The van der Waals surface area contributed by atoms with Crippen LogP contribution in [0.1, 0.15) is 18.4 Å². The number of aromatic hydroxyl groups is 1. The zero-order valence-corrected chi connectivity index (χ0v) is 12.7. The Morgan fingerprint density at radius 3 is 2.33 bits per heavy atom. The summed E-state index contributed by atoms with van der Waals surface area (Å²) in [5.74, 6) is 0.261. The predicted molar refractivity (Wildman–Crippen MR) is 85.9 cm³/mol. The number of hydrogen-bond acceptors (Lipinski definition) is 2. The van der Waals surface area contributed by atoms with Crippen LogP contribution in [0.4, 0.5) is 5.69 Å². The quantitative estimate of drug-likeness (QED) is 0.906. The first-order valence-electron chi connectivity index (χ1n) is 6.86. The Balaban J connectivity index is 1.83. The summed E-state index contributed by atoms with van der Waals surface area (Å²) in [6, 6.07) is 14.3. The van der Waals surface area contributed by atoms with E-state index in [1.165, 1.54) is 5.56 Å². The van der Waals surface area contributed by atoms with Crippen molar-refractivity contribution < 1.29 is 9.90 Å². The number of anilines is 1. The van der Waals surface area contributed by atoms with E-state index in [1.54, 1.807) is 36.2 Å². The second-order valence-corrected chi connectivity index (χ2v) is 5.39. The van der Waals surface area contributed by atoms with Gasteiger partial charge in [-0.2, -0.15) is 0 Å². The molecule has 21 heavy (non-hydrogen) atoms. The molecule has 2 rings (SSSR count). The van der Waals surface area contributed by atoms with Gasteiger partial charge in [-0.1, -0.05) is 23.7 Å². The standard InChI is InChI=1S/C17H18ClNO2/c1-19(15-9-11-16(20)12-10-15)17(21)4-2-3-13-5-7-14(18)8-6-13/h5-12,20H,2-4H2,1H3. The Hall–Kier alpha value is -2.00. The molecule has 110 valence electrons. The van der Waals surface area contributed by atoms with E-state index < -0.39 is 0 Å². The third-order valence-corrected chi connectivity index (χ3v) is 3.63. The first-order chi connectivity index (χ1) is 10.1. The van der Waals surface area contributed by atoms with Gasteiger partial charge in [0.05, 0.1) is 0 Å². The molecule has 0 saturated carbocycles. The zero-order valence-electron chi connectivity index (χ0n) is 11.9. The lowest BCUT2D eigenvalue weighted by atomic mass is 10.1. The highest BCUT2D eigenvalue weighted by Crippen LogP contribution is 2.18. The summed E-state index contributed by atoms with van der Waals surface area (Å²) in [5, 5.41) is 9.98. The van der Waals surface area contributed by atoms with E-state index in [9.17, 15) is 9.90 Å². The number of nitrogens with zero attached hydrogens (tertiary/aromatic N) is 1. The van der Waals surface area contributed by atoms with Crippen LogP contribution in [0.25, 0.3) is 0 Å². The molecule has 2 aromatic rings. The number of halogens is 1. The Kier molecular flexibility index (Phi) is 5.23. The van der Waals surface area contributed by atoms with E-state index >= 15 is 0 Å². The second-order valence-electron chi connectivity index (χ2n) is 4.95. The summed E-state index contributed by atoms with van der Waals surface area (Å²) in [4.78, 5) is 13.7. The van der Waals surface area contributed by atoms with Gasteiger partial charge < -0.3 is 10.0 Å². The molecule has 0 fully saturated rings. The van der Waals surface area contributed by atoms with Crippen LogP contribution >= 0.6 is 11.6 Å². The van der Waals surface area contributed by atoms with Crippen molar-refractivity contribution in [3.05, 3.63) is 59.1 Å². The van der Waals surface area contributed by atoms with Gasteiger partial charge in [0.1, 0.15) is 5.75 Å². The molecule has 0 aliphatic rings. The van der Waals surface area contributed by atoms with E-state index in [0.717, 1.165) is 23.6 Å². The minimum atomic E-state index is 0.0645. The first kappa shape index (κ1) is 15.4. The largest absolute Gasteiger partial charge is 0.508 e. The molecule has 3 nitrogen and oxygen atoms in total. The van der Waals surface area contributed by atoms with Crippen LogP contribution in [-0.4, -0.2) is 18.1 Å². The molecule has 2 aromatic carbocycles. The molecule has 1 N–H and O–H groups in total. The van der Waals surface area contributed by atoms with Crippen molar-refractivity contribution in [1.82, 2.24) is 0 Å². The lowest BCUT2D eigenvalue weighted by Gasteiger charge is -2.17. The van der Waals surface area contributed by atoms with Gasteiger partial charge in [0.25, 0.3) is 0 Å². The predicted octanol–water partition coefficient (Wildman–Crippen LogP) is 4.03. The number of aryl methyl sites for hydroxylation is 1. The van der Waals surface area contributed by atoms with Crippen LogP contribution in [-0.2, 0) is 11.2 Å². The van der Waals surface area contributed by atoms with Gasteiger partial charge in [-0.25, -0.2) is 0 Å². The van der Waals surface area contributed by atoms with Crippen molar-refractivity contribution in [3.63, 3.8) is 0 Å². The van der Waals surface area contributed by atoms with Gasteiger partial charge in [-0.05, 0) is 54.8 Å². The van der Waals surface area contributed by atoms with Crippen molar-refractivity contribution >= 4 is 23.2 Å². The summed E-state index contributed by atoms with van der Waals surface area (Å²) < 4.78 is 0. The number of benzene rings is 2. The van der Waals surface area contributed by atoms with Gasteiger partial charge in [-0.15, -0.1) is 0 Å². The van der Waals surface area contributed by atoms with Crippen LogP contribution in [0, 0.1) is 0 Å². The van der Waals surface area contributed by atoms with E-state index in [-0.39, 0.29) is 11.7 Å². The number of carbonyl (C=O) groups excluding carboxylic acids is 1. The molecular weight excluding hydrogens is 286 g/mol. The van der Waals surface area contributed by atoms with Gasteiger partial charge >= 0.3 is 0 Å². The smallest absolute Gasteiger partial charge is 0.226 e. The number of phenols is 1. The summed E-state index contributed by atoms with van der Waals surface area (Å²) >= 11 is 5.84. The highest BCUT2D eigenvalue weighted by Gasteiger charge is 2.10. The third-order valence-electron chi connectivity index (χ3n) is 3.38. The fourth-order valence-corrected chi connectivity index (χ4v) is 2.21. The maximum absolute atomic E-state index is 12.1. The number of phenolic OH excluding ortho intramolecular Hbond substituents is 1. The minimum absolute atomic E-state index is 0.0645. The second kappa shape index (κ2) is 7.14. The molecule has 0 aliphatic carbocycles. The van der Waals surface area contributed by atoms with Crippen molar-refractivity contribution in [1.29, 1.82) is 0 Å². The van der Waals surface area contributed by atoms with Crippen molar-refractivity contribution in [2.75, 3.05) is 11.9 Å². The van der Waals surface area contributed by atoms with E-state index in [4.69, 9.17) is 11.6 Å². The highest BCUT2D eigenvalue weighted by molar-refractivity contribution is 6.30. The normalized spacial score (nSPS) is 10.4. The molecule has 0 aliphatic heterocycles. The van der Waals surface area contributed by atoms with Crippen LogP contribution in [0.2, 0.25) is 5.02 Å². The monoisotopic (exact) mass is 303 g/mol. The summed E-state index contributed by atoms with van der Waals surface area (Å²) in [6.07, 6.45) is 2.13. The maximum atomic E-state index is 12.1. The fraction of sp³-hybridized carbons (Fsp3) is 0.235. The average molecular weight is 304 g/mol. The summed E-state index contributed by atoms with van der Waals surface area (Å²) in [6.45, 7) is 0. The SMILES string of the molecule is CN(C(=O)CCCc1ccc(Cl)cc1)c1ccc(O)cc1. The number of amides is 1. The minimum Gasteiger partial charge on any atom is -0.508 e. The van der Waals surface area contributed by atoms with E-state index in [2.05, 4.69) is 0 Å². The Morgan fingerprint density at radius 2 is 1.71 bits per heavy atom. The van der Waals surface area contributed by atoms with E-state index in [0.29, 0.717) is 6.42 Å². The van der Waals surface area contributed by atoms with E-state index in [1.807, 2.05) is 24.3 Å². The van der Waals surface area contributed by atoms with Gasteiger partial charge in [0, 0.05) is 24.2 Å². The molecule has 4 heteroatoms. The van der Waals surface area contributed by atoms with Crippen molar-refractivity contribution in [2.24, 2.45) is 0 Å². The topological polar surface area (TPSA) is 40.5 Å². The number of hydrogen-bond donors (Lipinski definition) is 1. The molecule has 0 unspecified atom stereocenters. The molecule has 0 saturated heterocycles. The molecule has 0 spiro atoms. The molecule has 0 radical (unpaired) electrons. The van der Waals surface area contributed by atoms with Crippen LogP contribution in [0.5, 0.6) is 5.75 Å². The molecule has 0 bridgehead atoms. The zero-order chi connectivity index (χ0) is 15.2. The van der Waals surface area contributed by atoms with Gasteiger partial charge in [-0.3, -0.25) is 4.79 Å². The Labute approximate surface area is 129 Å². The summed E-state index contributed by atoms with van der Waals surface area (Å²) in [7, 11) is 1.75. The summed E-state index contributed by atoms with van der Waals surface area (Å²) in [5.41, 5.74) is 1.96. The van der Waals surface area contributed by atoms with Gasteiger partial charge in [0.2, 0.25) is 5.91 Å². The Morgan fingerprint density at radius 1 is 1.10 bits per heavy atom. The van der Waals surface area contributed by atoms with Crippen LogP contribution in [0.15, 0.2) is 48.5 Å². The maximum Gasteiger partial charge on any atom is 0.226 e. The van der Waals surface area contributed by atoms with Crippen molar-refractivity contribution in [2.45, 2.75) is 19.3 Å². The molecule has 0 aromatic heterocycles. The number of carbonyl (C=O) groups is 1. The Bertz CT molecular complexity index is 593. The highest BCUT2D eigenvalue weighted by atomic mass is 35.5.